The Morgan fingerprint density at radius 2 is 2.08 bits per heavy atom. The molecule has 2 aromatic carbocycles. The van der Waals surface area contributed by atoms with Gasteiger partial charge in [0.2, 0.25) is 9.84 Å². The number of carbonyl (C=O) groups is 1. The zero-order chi connectivity index (χ0) is 26.2. The number of para-hydroxylation sites is 1. The van der Waals surface area contributed by atoms with Crippen LogP contribution in [0.2, 0.25) is 0 Å². The molecule has 13 heteroatoms. The highest BCUT2D eigenvalue weighted by molar-refractivity contribution is 7.91. The summed E-state index contributed by atoms with van der Waals surface area (Å²) in [6.07, 6.45) is 3.71. The minimum atomic E-state index is -4.39. The number of nitrogens with one attached hydrogen (secondary N) is 2. The van der Waals surface area contributed by atoms with Crippen LogP contribution in [-0.2, 0) is 14.6 Å². The van der Waals surface area contributed by atoms with E-state index in [0.29, 0.717) is 30.7 Å². The van der Waals surface area contributed by atoms with Gasteiger partial charge in [-0.05, 0) is 42.8 Å². The molecule has 1 aliphatic rings. The Labute approximate surface area is 210 Å². The van der Waals surface area contributed by atoms with Gasteiger partial charge in [0, 0.05) is 24.3 Å². The van der Waals surface area contributed by atoms with E-state index in [1.54, 1.807) is 18.3 Å². The molecule has 1 atom stereocenters. The molecule has 0 aliphatic carbocycles. The molecule has 1 amide bonds. The second kappa shape index (κ2) is 9.52. The van der Waals surface area contributed by atoms with Crippen molar-refractivity contribution in [3.8, 4) is 11.5 Å². The van der Waals surface area contributed by atoms with Gasteiger partial charge >= 0.3 is 0 Å². The molecule has 0 unspecified atom stereocenters. The number of aromatic nitrogens is 2. The summed E-state index contributed by atoms with van der Waals surface area (Å²) in [7, 11) is -4.39. The van der Waals surface area contributed by atoms with E-state index in [9.17, 15) is 23.3 Å². The van der Waals surface area contributed by atoms with Gasteiger partial charge in [-0.25, -0.2) is 13.4 Å². The van der Waals surface area contributed by atoms with Gasteiger partial charge in [-0.1, -0.05) is 6.07 Å². The maximum Gasteiger partial charge on any atom is 0.293 e. The SMILES string of the molecule is NC(=O)c1cccc(S(=O)(=O)c2ccc(N[C@@H]3CCOC3)c([N+](=O)[O-])c2)c1Oc1cnc2[nH]ccc2c1. The average Bonchev–Trinajstić information content (AvgIpc) is 3.55. The lowest BCUT2D eigenvalue weighted by Crippen LogP contribution is -2.19. The van der Waals surface area contributed by atoms with Gasteiger partial charge in [-0.3, -0.25) is 14.9 Å². The summed E-state index contributed by atoms with van der Waals surface area (Å²) in [6, 6.07) is 10.7. The van der Waals surface area contributed by atoms with Gasteiger partial charge in [0.05, 0.1) is 34.2 Å². The number of anilines is 1. The molecular formula is C24H21N5O7S. The summed E-state index contributed by atoms with van der Waals surface area (Å²) in [5.41, 5.74) is 5.69. The minimum Gasteiger partial charge on any atom is -0.453 e. The lowest BCUT2D eigenvalue weighted by atomic mass is 10.2. The summed E-state index contributed by atoms with van der Waals surface area (Å²) in [5.74, 6) is -1.05. The van der Waals surface area contributed by atoms with Crippen LogP contribution in [-0.4, -0.2) is 48.5 Å². The molecule has 1 fully saturated rings. The van der Waals surface area contributed by atoms with Crippen LogP contribution in [0, 0.1) is 10.1 Å². The standard InChI is InChI=1S/C24H21N5O7S/c25-23(30)18-2-1-3-21(22(18)36-16-10-14-6-8-26-24(14)27-12-16)37(33,34)17-4-5-19(20(11-17)29(31)32)28-15-7-9-35-13-15/h1-6,8,10-12,15,28H,7,9,13H2,(H2,25,30)(H,26,27)/t15-/m1/s1. The van der Waals surface area contributed by atoms with Crippen LogP contribution in [0.5, 0.6) is 11.5 Å². The van der Waals surface area contributed by atoms with Crippen molar-refractivity contribution in [1.82, 2.24) is 9.97 Å². The molecule has 4 aromatic rings. The zero-order valence-corrected chi connectivity index (χ0v) is 20.0. The maximum atomic E-state index is 13.7. The van der Waals surface area contributed by atoms with E-state index in [1.807, 2.05) is 0 Å². The number of nitro groups is 1. The molecule has 3 heterocycles. The zero-order valence-electron chi connectivity index (χ0n) is 19.2. The summed E-state index contributed by atoms with van der Waals surface area (Å²) < 4.78 is 38.6. The number of rotatable bonds is 8. The molecule has 37 heavy (non-hydrogen) atoms. The number of hydrogen-bond donors (Lipinski definition) is 3. The normalized spacial score (nSPS) is 15.5. The molecule has 4 N–H and O–H groups in total. The fourth-order valence-corrected chi connectivity index (χ4v) is 5.49. The van der Waals surface area contributed by atoms with E-state index >= 15 is 0 Å². The number of amides is 1. The van der Waals surface area contributed by atoms with Gasteiger partial charge in [0.15, 0.2) is 5.75 Å². The summed E-state index contributed by atoms with van der Waals surface area (Å²) in [6.45, 7) is 0.921. The van der Waals surface area contributed by atoms with E-state index in [-0.39, 0.29) is 38.6 Å². The quantitative estimate of drug-likeness (QED) is 0.230. The van der Waals surface area contributed by atoms with Gasteiger partial charge in [-0.15, -0.1) is 0 Å². The largest absolute Gasteiger partial charge is 0.453 e. The van der Waals surface area contributed by atoms with Crippen molar-refractivity contribution in [3.63, 3.8) is 0 Å². The smallest absolute Gasteiger partial charge is 0.293 e. The fraction of sp³-hybridized carbons (Fsp3) is 0.167. The van der Waals surface area contributed by atoms with Crippen molar-refractivity contribution in [1.29, 1.82) is 0 Å². The van der Waals surface area contributed by atoms with Gasteiger partial charge in [0.1, 0.15) is 22.0 Å². The molecule has 1 aliphatic heterocycles. The first kappa shape index (κ1) is 24.2. The number of ether oxygens (including phenoxy) is 2. The molecule has 0 bridgehead atoms. The first-order valence-electron chi connectivity index (χ1n) is 11.2. The van der Waals surface area contributed by atoms with Crippen LogP contribution >= 0.6 is 0 Å². The second-order valence-electron chi connectivity index (χ2n) is 8.33. The van der Waals surface area contributed by atoms with Crippen molar-refractivity contribution in [3.05, 3.63) is 76.6 Å². The second-order valence-corrected chi connectivity index (χ2v) is 10.2. The lowest BCUT2D eigenvalue weighted by Gasteiger charge is -2.16. The molecular weight excluding hydrogens is 502 g/mol. The number of pyridine rings is 1. The van der Waals surface area contributed by atoms with Crippen molar-refractivity contribution >= 4 is 38.2 Å². The Bertz CT molecular complexity index is 1630. The highest BCUT2D eigenvalue weighted by Gasteiger charge is 2.30. The Balaban J connectivity index is 1.58. The number of hydrogen-bond acceptors (Lipinski definition) is 9. The minimum absolute atomic E-state index is 0.126. The van der Waals surface area contributed by atoms with E-state index in [4.69, 9.17) is 15.2 Å². The van der Waals surface area contributed by atoms with Crippen LogP contribution < -0.4 is 15.8 Å². The number of H-pyrrole nitrogens is 1. The number of nitrogens with two attached hydrogens (primary N) is 1. The van der Waals surface area contributed by atoms with E-state index in [0.717, 1.165) is 6.07 Å². The topological polar surface area (TPSA) is 180 Å². The van der Waals surface area contributed by atoms with Gasteiger partial charge < -0.3 is 25.5 Å². The highest BCUT2D eigenvalue weighted by atomic mass is 32.2. The number of sulfone groups is 1. The third-order valence-corrected chi connectivity index (χ3v) is 7.67. The van der Waals surface area contributed by atoms with Crippen molar-refractivity contribution in [2.75, 3.05) is 18.5 Å². The van der Waals surface area contributed by atoms with Gasteiger partial charge in [0.25, 0.3) is 11.6 Å². The molecule has 0 radical (unpaired) electrons. The Morgan fingerprint density at radius 3 is 2.81 bits per heavy atom. The number of carbonyl (C=O) groups excluding carboxylic acids is 1. The van der Waals surface area contributed by atoms with Gasteiger partial charge in [-0.2, -0.15) is 0 Å². The third-order valence-electron chi connectivity index (χ3n) is 5.89. The Kier molecular flexibility index (Phi) is 6.23. The number of nitrogens with zero attached hydrogens (tertiary/aromatic N) is 2. The number of nitro benzene ring substituents is 1. The predicted molar refractivity (Wildman–Crippen MR) is 133 cm³/mol. The molecule has 190 valence electrons. The van der Waals surface area contributed by atoms with E-state index in [2.05, 4.69) is 15.3 Å². The maximum absolute atomic E-state index is 13.7. The molecule has 12 nitrogen and oxygen atoms in total. The highest BCUT2D eigenvalue weighted by Crippen LogP contribution is 2.38. The first-order valence-corrected chi connectivity index (χ1v) is 12.6. The number of benzene rings is 2. The molecule has 0 saturated carbocycles. The first-order chi connectivity index (χ1) is 17.7. The Morgan fingerprint density at radius 1 is 1.24 bits per heavy atom. The van der Waals surface area contributed by atoms with E-state index < -0.39 is 26.4 Å². The van der Waals surface area contributed by atoms with Crippen molar-refractivity contribution in [2.45, 2.75) is 22.3 Å². The molecule has 5 rings (SSSR count). The van der Waals surface area contributed by atoms with Crippen molar-refractivity contribution < 1.29 is 27.6 Å². The predicted octanol–water partition coefficient (Wildman–Crippen LogP) is 3.40. The Hall–Kier alpha value is -4.49. The van der Waals surface area contributed by atoms with E-state index in [1.165, 1.54) is 36.5 Å². The van der Waals surface area contributed by atoms with Crippen LogP contribution in [0.15, 0.2) is 70.7 Å². The third kappa shape index (κ3) is 4.69. The summed E-state index contributed by atoms with van der Waals surface area (Å²) in [4.78, 5) is 29.7. The summed E-state index contributed by atoms with van der Waals surface area (Å²) >= 11 is 0. The lowest BCUT2D eigenvalue weighted by molar-refractivity contribution is -0.384. The summed E-state index contributed by atoms with van der Waals surface area (Å²) in [5, 5.41) is 15.5. The molecule has 2 aromatic heterocycles. The van der Waals surface area contributed by atoms with Crippen LogP contribution in [0.1, 0.15) is 16.8 Å². The van der Waals surface area contributed by atoms with Crippen LogP contribution in [0.4, 0.5) is 11.4 Å². The monoisotopic (exact) mass is 523 g/mol. The number of primary amides is 1. The molecule has 0 spiro atoms. The number of fused-ring (bicyclic) bond motifs is 1. The van der Waals surface area contributed by atoms with Crippen LogP contribution in [0.3, 0.4) is 0 Å². The van der Waals surface area contributed by atoms with Crippen LogP contribution in [0.25, 0.3) is 11.0 Å². The number of aromatic amines is 1. The average molecular weight is 524 g/mol. The molecule has 1 saturated heterocycles. The fourth-order valence-electron chi connectivity index (χ4n) is 4.07. The van der Waals surface area contributed by atoms with Crippen molar-refractivity contribution in [2.24, 2.45) is 5.73 Å².